The van der Waals surface area contributed by atoms with Crippen LogP contribution in [0, 0.1) is 5.92 Å². The summed E-state index contributed by atoms with van der Waals surface area (Å²) in [5.41, 5.74) is 2.13. The summed E-state index contributed by atoms with van der Waals surface area (Å²) in [5.74, 6) is 0.469. The Kier molecular flexibility index (Phi) is 4.54. The third kappa shape index (κ3) is 3.42. The third-order valence-corrected chi connectivity index (χ3v) is 6.70. The van der Waals surface area contributed by atoms with Crippen LogP contribution in [0.15, 0.2) is 18.2 Å². The molecule has 0 saturated carbocycles. The SMILES string of the molecule is O=S(=O)(CC1CCOCC1)N1CCc2c(Cl)cccc2C1. The van der Waals surface area contributed by atoms with Gasteiger partial charge in [-0.1, -0.05) is 23.7 Å². The average molecular weight is 330 g/mol. The largest absolute Gasteiger partial charge is 0.381 e. The Hall–Kier alpha value is -0.620. The number of rotatable bonds is 3. The first-order valence-corrected chi connectivity index (χ1v) is 9.37. The van der Waals surface area contributed by atoms with E-state index in [1.807, 2.05) is 18.2 Å². The zero-order chi connectivity index (χ0) is 14.9. The first kappa shape index (κ1) is 15.3. The van der Waals surface area contributed by atoms with Crippen LogP contribution in [-0.4, -0.2) is 38.2 Å². The van der Waals surface area contributed by atoms with Crippen LogP contribution < -0.4 is 0 Å². The zero-order valence-corrected chi connectivity index (χ0v) is 13.5. The molecule has 0 spiro atoms. The second-order valence-corrected chi connectivity index (χ2v) is 8.22. The predicted octanol–water partition coefficient (Wildman–Crippen LogP) is 2.45. The van der Waals surface area contributed by atoms with Gasteiger partial charge in [-0.05, 0) is 42.4 Å². The van der Waals surface area contributed by atoms with Gasteiger partial charge in [-0.25, -0.2) is 8.42 Å². The van der Waals surface area contributed by atoms with Crippen molar-refractivity contribution in [2.24, 2.45) is 5.92 Å². The minimum absolute atomic E-state index is 0.226. The van der Waals surface area contributed by atoms with Crippen LogP contribution in [0.5, 0.6) is 0 Å². The maximum absolute atomic E-state index is 12.6. The first-order chi connectivity index (χ1) is 10.1. The molecule has 1 saturated heterocycles. The molecule has 1 aromatic carbocycles. The Balaban J connectivity index is 1.72. The molecule has 1 fully saturated rings. The van der Waals surface area contributed by atoms with Gasteiger partial charge in [-0.2, -0.15) is 4.31 Å². The third-order valence-electron chi connectivity index (χ3n) is 4.35. The van der Waals surface area contributed by atoms with E-state index in [9.17, 15) is 8.42 Å². The number of sulfonamides is 1. The van der Waals surface area contributed by atoms with Crippen LogP contribution in [0.3, 0.4) is 0 Å². The van der Waals surface area contributed by atoms with Gasteiger partial charge < -0.3 is 4.74 Å². The Morgan fingerprint density at radius 3 is 2.81 bits per heavy atom. The summed E-state index contributed by atoms with van der Waals surface area (Å²) in [5, 5.41) is 0.744. The fourth-order valence-electron chi connectivity index (χ4n) is 3.09. The van der Waals surface area contributed by atoms with E-state index < -0.39 is 10.0 Å². The fourth-order valence-corrected chi connectivity index (χ4v) is 5.22. The second-order valence-electron chi connectivity index (χ2n) is 5.80. The van der Waals surface area contributed by atoms with Crippen molar-refractivity contribution in [2.75, 3.05) is 25.5 Å². The van der Waals surface area contributed by atoms with Gasteiger partial charge in [-0.3, -0.25) is 0 Å². The topological polar surface area (TPSA) is 46.6 Å². The van der Waals surface area contributed by atoms with E-state index in [2.05, 4.69) is 0 Å². The lowest BCUT2D eigenvalue weighted by molar-refractivity contribution is 0.0720. The van der Waals surface area contributed by atoms with Gasteiger partial charge in [0.25, 0.3) is 0 Å². The molecule has 2 aliphatic rings. The minimum Gasteiger partial charge on any atom is -0.381 e. The van der Waals surface area contributed by atoms with Crippen molar-refractivity contribution >= 4 is 21.6 Å². The lowest BCUT2D eigenvalue weighted by Gasteiger charge is -2.31. The molecule has 0 bridgehead atoms. The van der Waals surface area contributed by atoms with E-state index >= 15 is 0 Å². The molecule has 116 valence electrons. The van der Waals surface area contributed by atoms with Crippen LogP contribution in [0.2, 0.25) is 5.02 Å². The molecule has 0 aromatic heterocycles. The molecule has 0 atom stereocenters. The highest BCUT2D eigenvalue weighted by Crippen LogP contribution is 2.28. The molecule has 6 heteroatoms. The first-order valence-electron chi connectivity index (χ1n) is 7.38. The van der Waals surface area contributed by atoms with Gasteiger partial charge in [0.1, 0.15) is 0 Å². The Labute approximate surface area is 131 Å². The van der Waals surface area contributed by atoms with Gasteiger partial charge in [-0.15, -0.1) is 0 Å². The molecule has 1 aromatic rings. The molecule has 2 heterocycles. The number of ether oxygens (including phenoxy) is 1. The lowest BCUT2D eigenvalue weighted by Crippen LogP contribution is -2.39. The number of hydrogen-bond acceptors (Lipinski definition) is 3. The van der Waals surface area contributed by atoms with Crippen LogP contribution in [0.4, 0.5) is 0 Å². The fraction of sp³-hybridized carbons (Fsp3) is 0.600. The van der Waals surface area contributed by atoms with Gasteiger partial charge >= 0.3 is 0 Å². The summed E-state index contributed by atoms with van der Waals surface area (Å²) >= 11 is 6.18. The van der Waals surface area contributed by atoms with Crippen LogP contribution in [0.1, 0.15) is 24.0 Å². The van der Waals surface area contributed by atoms with Crippen LogP contribution in [0.25, 0.3) is 0 Å². The summed E-state index contributed by atoms with van der Waals surface area (Å²) in [6, 6.07) is 5.72. The normalized spacial score (nSPS) is 21.2. The van der Waals surface area contributed by atoms with E-state index in [1.165, 1.54) is 0 Å². The van der Waals surface area contributed by atoms with Crippen molar-refractivity contribution in [3.05, 3.63) is 34.3 Å². The quantitative estimate of drug-likeness (QED) is 0.855. The highest BCUT2D eigenvalue weighted by atomic mass is 35.5. The van der Waals surface area contributed by atoms with Crippen molar-refractivity contribution in [3.63, 3.8) is 0 Å². The lowest BCUT2D eigenvalue weighted by atomic mass is 10.0. The number of fused-ring (bicyclic) bond motifs is 1. The summed E-state index contributed by atoms with van der Waals surface area (Å²) in [6.07, 6.45) is 2.38. The Morgan fingerprint density at radius 2 is 2.05 bits per heavy atom. The van der Waals surface area contributed by atoms with E-state index in [0.29, 0.717) is 32.7 Å². The molecule has 2 aliphatic heterocycles. The van der Waals surface area contributed by atoms with E-state index in [1.54, 1.807) is 4.31 Å². The van der Waals surface area contributed by atoms with E-state index in [0.717, 1.165) is 29.0 Å². The molecule has 21 heavy (non-hydrogen) atoms. The summed E-state index contributed by atoms with van der Waals surface area (Å²) in [7, 11) is -3.20. The van der Waals surface area contributed by atoms with Crippen molar-refractivity contribution < 1.29 is 13.2 Å². The summed E-state index contributed by atoms with van der Waals surface area (Å²) in [6.45, 7) is 2.33. The molecule has 0 unspecified atom stereocenters. The van der Waals surface area contributed by atoms with Gasteiger partial charge in [0.05, 0.1) is 5.75 Å². The van der Waals surface area contributed by atoms with E-state index in [-0.39, 0.29) is 11.7 Å². The number of hydrogen-bond donors (Lipinski definition) is 0. The molecule has 0 amide bonds. The van der Waals surface area contributed by atoms with Crippen molar-refractivity contribution in [1.29, 1.82) is 0 Å². The molecule has 0 aliphatic carbocycles. The number of benzene rings is 1. The summed E-state index contributed by atoms with van der Waals surface area (Å²) < 4.78 is 32.1. The molecule has 0 radical (unpaired) electrons. The van der Waals surface area contributed by atoms with E-state index in [4.69, 9.17) is 16.3 Å². The number of halogens is 1. The standard InChI is InChI=1S/C15H20ClNO3S/c16-15-3-1-2-13-10-17(7-4-14(13)15)21(18,19)11-12-5-8-20-9-6-12/h1-3,12H,4-11H2. The number of nitrogens with zero attached hydrogens (tertiary/aromatic N) is 1. The highest BCUT2D eigenvalue weighted by molar-refractivity contribution is 7.89. The zero-order valence-electron chi connectivity index (χ0n) is 11.9. The monoisotopic (exact) mass is 329 g/mol. The second kappa shape index (κ2) is 6.24. The van der Waals surface area contributed by atoms with Crippen molar-refractivity contribution in [3.8, 4) is 0 Å². The van der Waals surface area contributed by atoms with Gasteiger partial charge in [0.2, 0.25) is 10.0 Å². The molecular weight excluding hydrogens is 310 g/mol. The minimum atomic E-state index is -3.20. The predicted molar refractivity (Wildman–Crippen MR) is 82.9 cm³/mol. The summed E-state index contributed by atoms with van der Waals surface area (Å²) in [4.78, 5) is 0. The average Bonchev–Trinajstić information content (AvgIpc) is 2.48. The van der Waals surface area contributed by atoms with Crippen LogP contribution in [-0.2, 0) is 27.7 Å². The smallest absolute Gasteiger partial charge is 0.214 e. The van der Waals surface area contributed by atoms with Crippen LogP contribution >= 0.6 is 11.6 Å². The molecule has 0 N–H and O–H groups in total. The highest BCUT2D eigenvalue weighted by Gasteiger charge is 2.30. The maximum atomic E-state index is 12.6. The maximum Gasteiger partial charge on any atom is 0.214 e. The van der Waals surface area contributed by atoms with Gasteiger partial charge in [0.15, 0.2) is 0 Å². The molecular formula is C15H20ClNO3S. The molecule has 3 rings (SSSR count). The van der Waals surface area contributed by atoms with Crippen molar-refractivity contribution in [2.45, 2.75) is 25.8 Å². The van der Waals surface area contributed by atoms with Crippen molar-refractivity contribution in [1.82, 2.24) is 4.31 Å². The van der Waals surface area contributed by atoms with Gasteiger partial charge in [0, 0.05) is 31.3 Å². The molecule has 4 nitrogen and oxygen atoms in total. The Bertz CT molecular complexity index is 611. The Morgan fingerprint density at radius 1 is 1.29 bits per heavy atom.